The monoisotopic (exact) mass is 347 g/mol. The van der Waals surface area contributed by atoms with Crippen molar-refractivity contribution in [2.24, 2.45) is 0 Å². The molecule has 126 valence electrons. The molecule has 0 atom stereocenters. The minimum atomic E-state index is 0.00361. The van der Waals surface area contributed by atoms with Crippen LogP contribution in [0.4, 0.5) is 11.5 Å². The lowest BCUT2D eigenvalue weighted by atomic mass is 10.1. The zero-order chi connectivity index (χ0) is 16.9. The van der Waals surface area contributed by atoms with E-state index in [-0.39, 0.29) is 5.91 Å². The molecule has 7 nitrogen and oxygen atoms in total. The van der Waals surface area contributed by atoms with Crippen molar-refractivity contribution in [3.8, 4) is 5.75 Å². The van der Waals surface area contributed by atoms with Crippen LogP contribution in [0.3, 0.4) is 0 Å². The van der Waals surface area contributed by atoms with Crippen molar-refractivity contribution >= 4 is 29.0 Å². The van der Waals surface area contributed by atoms with E-state index < -0.39 is 0 Å². The molecule has 0 spiro atoms. The quantitative estimate of drug-likeness (QED) is 0.879. The SMILES string of the molecule is COc1cc(C(=O)N2CCNCC2)ccc1Nc1cncc(Cl)n1. The summed E-state index contributed by atoms with van der Waals surface area (Å²) in [6, 6.07) is 5.29. The number of nitrogens with one attached hydrogen (secondary N) is 2. The predicted octanol–water partition coefficient (Wildman–Crippen LogP) is 1.93. The molecule has 1 aliphatic heterocycles. The van der Waals surface area contributed by atoms with Crippen molar-refractivity contribution in [1.29, 1.82) is 0 Å². The van der Waals surface area contributed by atoms with Gasteiger partial charge in [-0.1, -0.05) is 11.6 Å². The summed E-state index contributed by atoms with van der Waals surface area (Å²) in [5, 5.41) is 6.62. The van der Waals surface area contributed by atoms with Crippen LogP contribution in [0.2, 0.25) is 5.15 Å². The minimum absolute atomic E-state index is 0.00361. The van der Waals surface area contributed by atoms with Gasteiger partial charge in [-0.2, -0.15) is 0 Å². The molecule has 0 bridgehead atoms. The number of hydrogen-bond acceptors (Lipinski definition) is 6. The average molecular weight is 348 g/mol. The first-order chi connectivity index (χ1) is 11.7. The number of piperazine rings is 1. The van der Waals surface area contributed by atoms with Gasteiger partial charge in [0.1, 0.15) is 10.9 Å². The number of hydrogen-bond donors (Lipinski definition) is 2. The average Bonchev–Trinajstić information content (AvgIpc) is 2.62. The van der Waals surface area contributed by atoms with Crippen LogP contribution in [0.1, 0.15) is 10.4 Å². The molecular weight excluding hydrogens is 330 g/mol. The first-order valence-electron chi connectivity index (χ1n) is 7.60. The standard InChI is InChI=1S/C16H18ClN5O2/c1-24-13-8-11(16(23)22-6-4-18-5-7-22)2-3-12(13)20-15-10-19-9-14(17)21-15/h2-3,8-10,18H,4-7H2,1H3,(H,20,21). The molecule has 2 heterocycles. The molecular formula is C16H18ClN5O2. The molecule has 2 aromatic rings. The summed E-state index contributed by atoms with van der Waals surface area (Å²) in [4.78, 5) is 22.5. The highest BCUT2D eigenvalue weighted by Gasteiger charge is 2.19. The van der Waals surface area contributed by atoms with Crippen LogP contribution < -0.4 is 15.4 Å². The van der Waals surface area contributed by atoms with Crippen LogP contribution in [0.5, 0.6) is 5.75 Å². The lowest BCUT2D eigenvalue weighted by molar-refractivity contribution is 0.0735. The molecule has 24 heavy (non-hydrogen) atoms. The van der Waals surface area contributed by atoms with Crippen LogP contribution in [-0.2, 0) is 0 Å². The molecule has 0 aliphatic carbocycles. The fourth-order valence-corrected chi connectivity index (χ4v) is 2.67. The first kappa shape index (κ1) is 16.5. The number of benzene rings is 1. The van der Waals surface area contributed by atoms with Gasteiger partial charge in [0.25, 0.3) is 5.91 Å². The van der Waals surface area contributed by atoms with Crippen molar-refractivity contribution in [3.63, 3.8) is 0 Å². The Morgan fingerprint density at radius 1 is 1.33 bits per heavy atom. The van der Waals surface area contributed by atoms with Crippen LogP contribution in [0.15, 0.2) is 30.6 Å². The summed E-state index contributed by atoms with van der Waals surface area (Å²) in [5.41, 5.74) is 1.28. The second-order valence-electron chi connectivity index (χ2n) is 5.31. The van der Waals surface area contributed by atoms with Gasteiger partial charge in [-0.05, 0) is 18.2 Å². The van der Waals surface area contributed by atoms with E-state index in [1.54, 1.807) is 31.5 Å². The Balaban J connectivity index is 1.81. The third-order valence-electron chi connectivity index (χ3n) is 3.72. The fraction of sp³-hybridized carbons (Fsp3) is 0.312. The molecule has 8 heteroatoms. The molecule has 0 saturated carbocycles. The second kappa shape index (κ2) is 7.46. The van der Waals surface area contributed by atoms with Crippen molar-refractivity contribution in [1.82, 2.24) is 20.2 Å². The molecule has 1 aliphatic rings. The molecule has 0 unspecified atom stereocenters. The number of aromatic nitrogens is 2. The molecule has 1 aromatic carbocycles. The Bertz CT molecular complexity index is 734. The van der Waals surface area contributed by atoms with Gasteiger partial charge < -0.3 is 20.3 Å². The van der Waals surface area contributed by atoms with Crippen molar-refractivity contribution in [3.05, 3.63) is 41.3 Å². The minimum Gasteiger partial charge on any atom is -0.495 e. The lowest BCUT2D eigenvalue weighted by Gasteiger charge is -2.27. The number of carbonyl (C=O) groups excluding carboxylic acids is 1. The summed E-state index contributed by atoms with van der Waals surface area (Å²) in [6.45, 7) is 3.05. The van der Waals surface area contributed by atoms with Gasteiger partial charge in [0.2, 0.25) is 0 Å². The topological polar surface area (TPSA) is 79.4 Å². The van der Waals surface area contributed by atoms with Gasteiger partial charge in [0.05, 0.1) is 25.2 Å². The van der Waals surface area contributed by atoms with Crippen LogP contribution in [0.25, 0.3) is 0 Å². The molecule has 1 aromatic heterocycles. The highest BCUT2D eigenvalue weighted by Crippen LogP contribution is 2.28. The van der Waals surface area contributed by atoms with Gasteiger partial charge >= 0.3 is 0 Å². The highest BCUT2D eigenvalue weighted by atomic mass is 35.5. The van der Waals surface area contributed by atoms with E-state index in [2.05, 4.69) is 20.6 Å². The van der Waals surface area contributed by atoms with E-state index in [4.69, 9.17) is 16.3 Å². The second-order valence-corrected chi connectivity index (χ2v) is 5.70. The molecule has 3 rings (SSSR count). The van der Waals surface area contributed by atoms with Gasteiger partial charge in [-0.3, -0.25) is 9.78 Å². The third kappa shape index (κ3) is 3.74. The Morgan fingerprint density at radius 3 is 2.83 bits per heavy atom. The number of rotatable bonds is 4. The van der Waals surface area contributed by atoms with E-state index in [1.807, 2.05) is 4.90 Å². The number of ether oxygens (including phenoxy) is 1. The normalized spacial score (nSPS) is 14.3. The summed E-state index contributed by atoms with van der Waals surface area (Å²) in [5.74, 6) is 1.06. The van der Waals surface area contributed by atoms with E-state index in [0.29, 0.717) is 41.1 Å². The maximum atomic E-state index is 12.6. The Hall–Kier alpha value is -2.38. The van der Waals surface area contributed by atoms with E-state index >= 15 is 0 Å². The molecule has 1 saturated heterocycles. The maximum absolute atomic E-state index is 12.6. The number of amides is 1. The Kier molecular flexibility index (Phi) is 5.12. The van der Waals surface area contributed by atoms with Gasteiger partial charge in [-0.15, -0.1) is 0 Å². The molecule has 0 radical (unpaired) electrons. The van der Waals surface area contributed by atoms with Gasteiger partial charge in [0.15, 0.2) is 5.82 Å². The lowest BCUT2D eigenvalue weighted by Crippen LogP contribution is -2.46. The third-order valence-corrected chi connectivity index (χ3v) is 3.90. The number of nitrogens with zero attached hydrogens (tertiary/aromatic N) is 3. The zero-order valence-corrected chi connectivity index (χ0v) is 14.0. The molecule has 2 N–H and O–H groups in total. The smallest absolute Gasteiger partial charge is 0.254 e. The largest absolute Gasteiger partial charge is 0.495 e. The summed E-state index contributed by atoms with van der Waals surface area (Å²) in [7, 11) is 1.56. The maximum Gasteiger partial charge on any atom is 0.254 e. The van der Waals surface area contributed by atoms with Crippen molar-refractivity contribution in [2.75, 3.05) is 38.6 Å². The van der Waals surface area contributed by atoms with Crippen LogP contribution in [0, 0.1) is 0 Å². The zero-order valence-electron chi connectivity index (χ0n) is 13.3. The Morgan fingerprint density at radius 2 is 2.12 bits per heavy atom. The van der Waals surface area contributed by atoms with Crippen LogP contribution >= 0.6 is 11.6 Å². The van der Waals surface area contributed by atoms with Crippen LogP contribution in [-0.4, -0.2) is 54.1 Å². The van der Waals surface area contributed by atoms with Gasteiger partial charge in [0, 0.05) is 31.7 Å². The number of carbonyl (C=O) groups is 1. The number of halogens is 1. The molecule has 1 fully saturated rings. The van der Waals surface area contributed by atoms with E-state index in [0.717, 1.165) is 13.1 Å². The number of methoxy groups -OCH3 is 1. The van der Waals surface area contributed by atoms with E-state index in [1.165, 1.54) is 6.20 Å². The summed E-state index contributed by atoms with van der Waals surface area (Å²) in [6.07, 6.45) is 3.02. The highest BCUT2D eigenvalue weighted by molar-refractivity contribution is 6.29. The van der Waals surface area contributed by atoms with Gasteiger partial charge in [-0.25, -0.2) is 4.98 Å². The van der Waals surface area contributed by atoms with E-state index in [9.17, 15) is 4.79 Å². The Labute approximate surface area is 145 Å². The predicted molar refractivity (Wildman–Crippen MR) is 92.1 cm³/mol. The molecule has 1 amide bonds. The fourth-order valence-electron chi connectivity index (χ4n) is 2.52. The number of anilines is 2. The first-order valence-corrected chi connectivity index (χ1v) is 7.98. The van der Waals surface area contributed by atoms with Crippen molar-refractivity contribution in [2.45, 2.75) is 0 Å². The summed E-state index contributed by atoms with van der Waals surface area (Å²) < 4.78 is 5.40. The summed E-state index contributed by atoms with van der Waals surface area (Å²) >= 11 is 5.84. The van der Waals surface area contributed by atoms with Crippen molar-refractivity contribution < 1.29 is 9.53 Å².